The van der Waals surface area contributed by atoms with E-state index < -0.39 is 12.1 Å². The summed E-state index contributed by atoms with van der Waals surface area (Å²) in [5.41, 5.74) is 2.50. The second kappa shape index (κ2) is 4.03. The number of benzene rings is 1. The molecule has 1 aromatic rings. The summed E-state index contributed by atoms with van der Waals surface area (Å²) < 4.78 is 0. The van der Waals surface area contributed by atoms with Crippen LogP contribution in [0.5, 0.6) is 0 Å². The molecule has 80 valence electrons. The van der Waals surface area contributed by atoms with Gasteiger partial charge < -0.3 is 10.2 Å². The van der Waals surface area contributed by atoms with Crippen LogP contribution in [0, 0.1) is 0 Å². The van der Waals surface area contributed by atoms with Crippen molar-refractivity contribution in [1.82, 2.24) is 0 Å². The molecule has 1 aliphatic carbocycles. The van der Waals surface area contributed by atoms with E-state index in [4.69, 9.17) is 5.11 Å². The first-order chi connectivity index (χ1) is 7.18. The minimum atomic E-state index is -1.24. The van der Waals surface area contributed by atoms with Gasteiger partial charge in [0.2, 0.25) is 0 Å². The highest BCUT2D eigenvalue weighted by molar-refractivity contribution is 5.72. The Labute approximate surface area is 88.4 Å². The molecule has 0 saturated carbocycles. The summed E-state index contributed by atoms with van der Waals surface area (Å²) in [7, 11) is 0. The highest BCUT2D eigenvalue weighted by atomic mass is 16.4. The first-order valence-electron chi connectivity index (χ1n) is 5.17. The van der Waals surface area contributed by atoms with Crippen molar-refractivity contribution in [2.75, 3.05) is 0 Å². The van der Waals surface area contributed by atoms with E-state index in [2.05, 4.69) is 6.07 Å². The predicted molar refractivity (Wildman–Crippen MR) is 55.8 cm³/mol. The zero-order valence-electron chi connectivity index (χ0n) is 8.39. The van der Waals surface area contributed by atoms with E-state index in [1.54, 1.807) is 0 Å². The van der Waals surface area contributed by atoms with Crippen LogP contribution in [0.4, 0.5) is 0 Å². The zero-order valence-corrected chi connectivity index (χ0v) is 8.39. The lowest BCUT2D eigenvalue weighted by atomic mass is 9.95. The summed E-state index contributed by atoms with van der Waals surface area (Å²) in [6.07, 6.45) is 1.03. The lowest BCUT2D eigenvalue weighted by molar-refractivity contribution is -0.147. The minimum Gasteiger partial charge on any atom is -0.479 e. The molecule has 15 heavy (non-hydrogen) atoms. The van der Waals surface area contributed by atoms with Crippen LogP contribution in [0.1, 0.15) is 29.9 Å². The molecule has 3 heteroatoms. The molecule has 2 atom stereocenters. The maximum Gasteiger partial charge on any atom is 0.332 e. The molecular formula is C12H14O3. The van der Waals surface area contributed by atoms with Crippen molar-refractivity contribution in [1.29, 1.82) is 0 Å². The minimum absolute atomic E-state index is 0.201. The number of fused-ring (bicyclic) bond motifs is 1. The van der Waals surface area contributed by atoms with Gasteiger partial charge in [-0.05, 0) is 36.3 Å². The Morgan fingerprint density at radius 2 is 2.20 bits per heavy atom. The van der Waals surface area contributed by atoms with Crippen LogP contribution < -0.4 is 0 Å². The molecule has 0 saturated heterocycles. The predicted octanol–water partition coefficient (Wildman–Crippen LogP) is 1.55. The third kappa shape index (κ3) is 2.02. The van der Waals surface area contributed by atoms with Gasteiger partial charge in [-0.3, -0.25) is 0 Å². The van der Waals surface area contributed by atoms with Crippen molar-refractivity contribution in [2.45, 2.75) is 31.3 Å². The van der Waals surface area contributed by atoms with Gasteiger partial charge in [0.15, 0.2) is 6.10 Å². The standard InChI is InChI=1S/C12H14O3/c13-11(12(14)15)7-9-6-5-8-3-1-2-4-10(8)9/h1-4,9,11,13H,5-7H2,(H,14,15). The molecule has 2 unspecified atom stereocenters. The monoisotopic (exact) mass is 206 g/mol. The first-order valence-corrected chi connectivity index (χ1v) is 5.17. The van der Waals surface area contributed by atoms with Gasteiger partial charge in [-0.2, -0.15) is 0 Å². The van der Waals surface area contributed by atoms with Crippen molar-refractivity contribution in [3.05, 3.63) is 35.4 Å². The number of aliphatic carboxylic acids is 1. The maximum absolute atomic E-state index is 10.5. The smallest absolute Gasteiger partial charge is 0.332 e. The molecule has 0 radical (unpaired) electrons. The fourth-order valence-electron chi connectivity index (χ4n) is 2.26. The van der Waals surface area contributed by atoms with Gasteiger partial charge in [0.25, 0.3) is 0 Å². The van der Waals surface area contributed by atoms with Crippen LogP contribution in [0.3, 0.4) is 0 Å². The van der Waals surface area contributed by atoms with Crippen molar-refractivity contribution in [2.24, 2.45) is 0 Å². The highest BCUT2D eigenvalue weighted by Crippen LogP contribution is 2.35. The largest absolute Gasteiger partial charge is 0.479 e. The lowest BCUT2D eigenvalue weighted by Gasteiger charge is -2.13. The Morgan fingerprint density at radius 3 is 2.93 bits per heavy atom. The summed E-state index contributed by atoms with van der Waals surface area (Å²) in [4.78, 5) is 10.5. The summed E-state index contributed by atoms with van der Waals surface area (Å²) in [6.45, 7) is 0. The number of carbonyl (C=O) groups is 1. The molecule has 0 bridgehead atoms. The van der Waals surface area contributed by atoms with Gasteiger partial charge in [-0.1, -0.05) is 24.3 Å². The van der Waals surface area contributed by atoms with Crippen LogP contribution in [-0.2, 0) is 11.2 Å². The maximum atomic E-state index is 10.5. The van der Waals surface area contributed by atoms with Crippen molar-refractivity contribution >= 4 is 5.97 Å². The number of hydrogen-bond acceptors (Lipinski definition) is 2. The molecule has 2 rings (SSSR count). The second-order valence-corrected chi connectivity index (χ2v) is 4.02. The average Bonchev–Trinajstić information content (AvgIpc) is 2.62. The molecule has 2 N–H and O–H groups in total. The fourth-order valence-corrected chi connectivity index (χ4v) is 2.26. The number of aryl methyl sites for hydroxylation is 1. The Hall–Kier alpha value is -1.35. The Kier molecular flexibility index (Phi) is 2.73. The summed E-state index contributed by atoms with van der Waals surface area (Å²) >= 11 is 0. The van der Waals surface area contributed by atoms with Crippen LogP contribution in [0.25, 0.3) is 0 Å². The van der Waals surface area contributed by atoms with Gasteiger partial charge in [0, 0.05) is 0 Å². The molecule has 1 aliphatic rings. The molecule has 0 aromatic heterocycles. The topological polar surface area (TPSA) is 57.5 Å². The summed E-state index contributed by atoms with van der Waals surface area (Å²) in [5.74, 6) is -0.924. The molecule has 0 aliphatic heterocycles. The van der Waals surface area contributed by atoms with Crippen molar-refractivity contribution < 1.29 is 15.0 Å². The Bertz CT molecular complexity index is 373. The molecule has 0 amide bonds. The number of hydrogen-bond donors (Lipinski definition) is 2. The van der Waals surface area contributed by atoms with Crippen LogP contribution in [0.15, 0.2) is 24.3 Å². The van der Waals surface area contributed by atoms with E-state index in [1.807, 2.05) is 18.2 Å². The van der Waals surface area contributed by atoms with E-state index in [1.165, 1.54) is 11.1 Å². The molecule has 0 heterocycles. The number of rotatable bonds is 3. The first kappa shape index (κ1) is 10.2. The quantitative estimate of drug-likeness (QED) is 0.788. The second-order valence-electron chi connectivity index (χ2n) is 4.02. The van der Waals surface area contributed by atoms with Gasteiger partial charge in [0.05, 0.1) is 0 Å². The number of carboxylic acids is 1. The van der Waals surface area contributed by atoms with Gasteiger partial charge >= 0.3 is 5.97 Å². The SMILES string of the molecule is O=C(O)C(O)CC1CCc2ccccc21. The molecular weight excluding hydrogens is 192 g/mol. The fraction of sp³-hybridized carbons (Fsp3) is 0.417. The molecule has 0 fully saturated rings. The van der Waals surface area contributed by atoms with Gasteiger partial charge in [0.1, 0.15) is 0 Å². The Balaban J connectivity index is 2.11. The number of aliphatic hydroxyl groups excluding tert-OH is 1. The average molecular weight is 206 g/mol. The number of carboxylic acid groups (broad SMARTS) is 1. The molecule has 3 nitrogen and oxygen atoms in total. The van der Waals surface area contributed by atoms with E-state index in [0.717, 1.165) is 12.8 Å². The van der Waals surface area contributed by atoms with Crippen LogP contribution in [-0.4, -0.2) is 22.3 Å². The van der Waals surface area contributed by atoms with Crippen molar-refractivity contribution in [3.8, 4) is 0 Å². The highest BCUT2D eigenvalue weighted by Gasteiger charge is 2.26. The third-order valence-corrected chi connectivity index (χ3v) is 3.05. The van der Waals surface area contributed by atoms with E-state index in [-0.39, 0.29) is 5.92 Å². The van der Waals surface area contributed by atoms with Gasteiger partial charge in [-0.25, -0.2) is 4.79 Å². The van der Waals surface area contributed by atoms with Crippen LogP contribution in [0.2, 0.25) is 0 Å². The molecule has 1 aromatic carbocycles. The Morgan fingerprint density at radius 1 is 1.47 bits per heavy atom. The summed E-state index contributed by atoms with van der Waals surface area (Å²) in [6, 6.07) is 8.06. The van der Waals surface area contributed by atoms with Crippen LogP contribution >= 0.6 is 0 Å². The lowest BCUT2D eigenvalue weighted by Crippen LogP contribution is -2.21. The van der Waals surface area contributed by atoms with E-state index in [0.29, 0.717) is 6.42 Å². The normalized spacial score (nSPS) is 21.0. The third-order valence-electron chi connectivity index (χ3n) is 3.05. The molecule has 0 spiro atoms. The summed E-state index contributed by atoms with van der Waals surface area (Å²) in [5, 5.41) is 18.0. The number of aliphatic hydroxyl groups is 1. The van der Waals surface area contributed by atoms with Crippen molar-refractivity contribution in [3.63, 3.8) is 0 Å². The zero-order chi connectivity index (χ0) is 10.8. The van der Waals surface area contributed by atoms with E-state index >= 15 is 0 Å². The van der Waals surface area contributed by atoms with Gasteiger partial charge in [-0.15, -0.1) is 0 Å². The van der Waals surface area contributed by atoms with E-state index in [9.17, 15) is 9.90 Å².